The zero-order valence-corrected chi connectivity index (χ0v) is 9.13. The maximum Gasteiger partial charge on any atom is 0.123 e. The highest BCUT2D eigenvalue weighted by molar-refractivity contribution is 7.85. The summed E-state index contributed by atoms with van der Waals surface area (Å²) in [6.07, 6.45) is 1.65. The Morgan fingerprint density at radius 3 is 2.40 bits per heavy atom. The second-order valence-corrected chi connectivity index (χ2v) is 5.30. The van der Waals surface area contributed by atoms with Crippen LogP contribution < -0.4 is 0 Å². The number of hydrogen-bond acceptors (Lipinski definition) is 2. The molecule has 0 spiro atoms. The van der Waals surface area contributed by atoms with Gasteiger partial charge in [0.15, 0.2) is 0 Å². The van der Waals surface area contributed by atoms with Gasteiger partial charge in [0.1, 0.15) is 5.82 Å². The first-order valence-electron chi connectivity index (χ1n) is 5.01. The highest BCUT2D eigenvalue weighted by Gasteiger charge is 2.21. The summed E-state index contributed by atoms with van der Waals surface area (Å²) >= 11 is 0. The molecule has 1 aliphatic rings. The van der Waals surface area contributed by atoms with Crippen molar-refractivity contribution >= 4 is 10.8 Å². The lowest BCUT2D eigenvalue weighted by Gasteiger charge is -2.21. The van der Waals surface area contributed by atoms with E-state index in [4.69, 9.17) is 4.74 Å². The van der Waals surface area contributed by atoms with E-state index in [1.54, 1.807) is 12.1 Å². The topological polar surface area (TPSA) is 26.3 Å². The molecule has 1 fully saturated rings. The first kappa shape index (κ1) is 10.8. The molecule has 1 aliphatic heterocycles. The molecule has 1 aromatic rings. The van der Waals surface area contributed by atoms with Crippen LogP contribution in [-0.4, -0.2) is 22.7 Å². The van der Waals surface area contributed by atoms with E-state index in [0.717, 1.165) is 12.8 Å². The fraction of sp³-hybridized carbons (Fsp3) is 0.455. The Bertz CT molecular complexity index is 344. The van der Waals surface area contributed by atoms with Crippen LogP contribution in [0.4, 0.5) is 4.39 Å². The summed E-state index contributed by atoms with van der Waals surface area (Å²) in [5.41, 5.74) is 0. The summed E-state index contributed by atoms with van der Waals surface area (Å²) in [7, 11) is -1.02. The third-order valence-corrected chi connectivity index (χ3v) is 4.33. The molecular weight excluding hydrogens is 215 g/mol. The fourth-order valence-electron chi connectivity index (χ4n) is 1.65. The summed E-state index contributed by atoms with van der Waals surface area (Å²) in [6, 6.07) is 5.90. The van der Waals surface area contributed by atoms with E-state index < -0.39 is 10.8 Å². The molecule has 0 radical (unpaired) electrons. The first-order valence-corrected chi connectivity index (χ1v) is 6.22. The van der Waals surface area contributed by atoms with Gasteiger partial charge in [0.05, 0.1) is 10.8 Å². The molecule has 0 amide bonds. The van der Waals surface area contributed by atoms with Crippen molar-refractivity contribution in [3.8, 4) is 0 Å². The number of halogens is 1. The Kier molecular flexibility index (Phi) is 3.49. The van der Waals surface area contributed by atoms with Crippen LogP contribution in [0.15, 0.2) is 29.2 Å². The molecular formula is C11H13FO2S. The van der Waals surface area contributed by atoms with Gasteiger partial charge in [-0.1, -0.05) is 0 Å². The highest BCUT2D eigenvalue weighted by Crippen LogP contribution is 2.19. The highest BCUT2D eigenvalue weighted by atomic mass is 32.2. The molecule has 0 N–H and O–H groups in total. The van der Waals surface area contributed by atoms with Crippen LogP contribution in [0.2, 0.25) is 0 Å². The van der Waals surface area contributed by atoms with Crippen molar-refractivity contribution in [3.05, 3.63) is 30.1 Å². The predicted molar refractivity (Wildman–Crippen MR) is 56.6 cm³/mol. The van der Waals surface area contributed by atoms with E-state index in [0.29, 0.717) is 18.1 Å². The van der Waals surface area contributed by atoms with E-state index in [1.807, 2.05) is 0 Å². The van der Waals surface area contributed by atoms with Crippen LogP contribution in [0.1, 0.15) is 12.8 Å². The molecule has 2 nitrogen and oxygen atoms in total. The molecule has 1 heterocycles. The zero-order valence-electron chi connectivity index (χ0n) is 8.32. The minimum absolute atomic E-state index is 0.157. The van der Waals surface area contributed by atoms with Crippen molar-refractivity contribution in [2.75, 3.05) is 13.2 Å². The van der Waals surface area contributed by atoms with Gasteiger partial charge in [0.25, 0.3) is 0 Å². The second-order valence-electron chi connectivity index (χ2n) is 3.56. The molecule has 0 saturated carbocycles. The average molecular weight is 228 g/mol. The lowest BCUT2D eigenvalue weighted by molar-refractivity contribution is 0.0992. The van der Waals surface area contributed by atoms with Crippen LogP contribution in [0.5, 0.6) is 0 Å². The number of rotatable bonds is 2. The third-order valence-electron chi connectivity index (χ3n) is 2.52. The maximum absolute atomic E-state index is 12.7. The van der Waals surface area contributed by atoms with Crippen molar-refractivity contribution < 1.29 is 13.3 Å². The van der Waals surface area contributed by atoms with E-state index in [2.05, 4.69) is 0 Å². The van der Waals surface area contributed by atoms with Gasteiger partial charge in [-0.15, -0.1) is 0 Å². The fourth-order valence-corrected chi connectivity index (χ4v) is 3.06. The average Bonchev–Trinajstić information content (AvgIpc) is 2.30. The Morgan fingerprint density at radius 1 is 1.20 bits per heavy atom. The SMILES string of the molecule is O=S(c1ccc(F)cc1)C1CCOCC1. The van der Waals surface area contributed by atoms with Crippen LogP contribution in [0.3, 0.4) is 0 Å². The Balaban J connectivity index is 2.09. The standard InChI is InChI=1S/C11H13FO2S/c12-9-1-3-10(4-2-9)15(13)11-5-7-14-8-6-11/h1-4,11H,5-8H2. The predicted octanol–water partition coefficient (Wildman–Crippen LogP) is 2.11. The largest absolute Gasteiger partial charge is 0.381 e. The van der Waals surface area contributed by atoms with Crippen LogP contribution in [-0.2, 0) is 15.5 Å². The van der Waals surface area contributed by atoms with Gasteiger partial charge >= 0.3 is 0 Å². The quantitative estimate of drug-likeness (QED) is 0.775. The van der Waals surface area contributed by atoms with Crippen molar-refractivity contribution in [3.63, 3.8) is 0 Å². The summed E-state index contributed by atoms with van der Waals surface area (Å²) in [6.45, 7) is 1.36. The Labute approximate surface area is 90.9 Å². The molecule has 0 aliphatic carbocycles. The minimum Gasteiger partial charge on any atom is -0.381 e. The van der Waals surface area contributed by atoms with Crippen LogP contribution in [0.25, 0.3) is 0 Å². The number of ether oxygens (including phenoxy) is 1. The molecule has 1 atom stereocenters. The summed E-state index contributed by atoms with van der Waals surface area (Å²) in [5, 5.41) is 0.157. The molecule has 1 unspecified atom stereocenters. The monoisotopic (exact) mass is 228 g/mol. The molecule has 1 saturated heterocycles. The van der Waals surface area contributed by atoms with Crippen molar-refractivity contribution in [1.82, 2.24) is 0 Å². The van der Waals surface area contributed by atoms with Gasteiger partial charge in [0.2, 0.25) is 0 Å². The summed E-state index contributed by atoms with van der Waals surface area (Å²) in [5.74, 6) is -0.289. The van der Waals surface area contributed by atoms with Crippen molar-refractivity contribution in [2.24, 2.45) is 0 Å². The molecule has 0 bridgehead atoms. The lowest BCUT2D eigenvalue weighted by atomic mass is 10.2. The smallest absolute Gasteiger partial charge is 0.123 e. The minimum atomic E-state index is -1.02. The normalized spacial score (nSPS) is 20.1. The summed E-state index contributed by atoms with van der Waals surface area (Å²) < 4.78 is 29.9. The first-order chi connectivity index (χ1) is 7.27. The van der Waals surface area contributed by atoms with Crippen LogP contribution >= 0.6 is 0 Å². The Hall–Kier alpha value is -0.740. The van der Waals surface area contributed by atoms with Gasteiger partial charge in [-0.2, -0.15) is 0 Å². The van der Waals surface area contributed by atoms with E-state index in [9.17, 15) is 8.60 Å². The zero-order chi connectivity index (χ0) is 10.7. The molecule has 1 aromatic carbocycles. The third kappa shape index (κ3) is 2.63. The molecule has 4 heteroatoms. The van der Waals surface area contributed by atoms with Gasteiger partial charge in [-0.05, 0) is 37.1 Å². The molecule has 15 heavy (non-hydrogen) atoms. The van der Waals surface area contributed by atoms with Crippen molar-refractivity contribution in [1.29, 1.82) is 0 Å². The number of hydrogen-bond donors (Lipinski definition) is 0. The van der Waals surface area contributed by atoms with Crippen LogP contribution in [0, 0.1) is 5.82 Å². The maximum atomic E-state index is 12.7. The molecule has 2 rings (SSSR count). The second kappa shape index (κ2) is 4.86. The molecule has 82 valence electrons. The molecule has 0 aromatic heterocycles. The van der Waals surface area contributed by atoms with Gasteiger partial charge in [-0.25, -0.2) is 4.39 Å². The number of benzene rings is 1. The summed E-state index contributed by atoms with van der Waals surface area (Å²) in [4.78, 5) is 0.711. The lowest BCUT2D eigenvalue weighted by Crippen LogP contribution is -2.24. The van der Waals surface area contributed by atoms with Crippen molar-refractivity contribution in [2.45, 2.75) is 23.0 Å². The van der Waals surface area contributed by atoms with E-state index >= 15 is 0 Å². The Morgan fingerprint density at radius 2 is 1.80 bits per heavy atom. The van der Waals surface area contributed by atoms with E-state index in [-0.39, 0.29) is 11.1 Å². The van der Waals surface area contributed by atoms with Gasteiger partial charge < -0.3 is 4.74 Å². The van der Waals surface area contributed by atoms with Gasteiger partial charge in [0, 0.05) is 23.4 Å². The van der Waals surface area contributed by atoms with E-state index in [1.165, 1.54) is 12.1 Å². The van der Waals surface area contributed by atoms with Gasteiger partial charge in [-0.3, -0.25) is 4.21 Å².